The summed E-state index contributed by atoms with van der Waals surface area (Å²) in [5, 5.41) is 14.0. The molecule has 34 heavy (non-hydrogen) atoms. The standard InChI is InChI=1S/C23H26N4O7/c1-3-34-23(30)17-12-16(13-20(14-17)27(31)32)22(29)25(2)15-21(28)24-18-4-6-19(7-5-18)26-8-10-33-11-9-26/h4-7,12-14H,3,8-11,15H2,1-2H3,(H,24,28). The van der Waals surface area contributed by atoms with Crippen LogP contribution >= 0.6 is 0 Å². The van der Waals surface area contributed by atoms with Crippen molar-refractivity contribution in [3.63, 3.8) is 0 Å². The number of likely N-dealkylation sites (N-methyl/N-ethyl adjacent to an activating group) is 1. The number of nitrogens with zero attached hydrogens (tertiary/aromatic N) is 3. The van der Waals surface area contributed by atoms with Crippen LogP contribution < -0.4 is 10.2 Å². The fourth-order valence-corrected chi connectivity index (χ4v) is 3.46. The van der Waals surface area contributed by atoms with Crippen molar-refractivity contribution in [2.75, 3.05) is 56.7 Å². The molecular weight excluding hydrogens is 444 g/mol. The average Bonchev–Trinajstić information content (AvgIpc) is 2.84. The summed E-state index contributed by atoms with van der Waals surface area (Å²) in [4.78, 5) is 51.1. The Bertz CT molecular complexity index is 1070. The highest BCUT2D eigenvalue weighted by Crippen LogP contribution is 2.21. The predicted molar refractivity (Wildman–Crippen MR) is 124 cm³/mol. The number of esters is 1. The zero-order valence-electron chi connectivity index (χ0n) is 19.0. The molecule has 0 spiro atoms. The van der Waals surface area contributed by atoms with E-state index in [-0.39, 0.29) is 24.3 Å². The van der Waals surface area contributed by atoms with Gasteiger partial charge in [-0.05, 0) is 37.3 Å². The molecule has 0 bridgehead atoms. The maximum Gasteiger partial charge on any atom is 0.338 e. The molecule has 1 heterocycles. The Morgan fingerprint density at radius 2 is 1.76 bits per heavy atom. The van der Waals surface area contributed by atoms with Gasteiger partial charge in [-0.1, -0.05) is 0 Å². The van der Waals surface area contributed by atoms with Crippen molar-refractivity contribution in [2.45, 2.75) is 6.92 Å². The third kappa shape index (κ3) is 6.29. The van der Waals surface area contributed by atoms with Crippen LogP contribution in [0.2, 0.25) is 0 Å². The SMILES string of the molecule is CCOC(=O)c1cc(C(=O)N(C)CC(=O)Nc2ccc(N3CCOCC3)cc2)cc([N+](=O)[O-])c1. The normalized spacial score (nSPS) is 13.2. The minimum absolute atomic E-state index is 0.0817. The Morgan fingerprint density at radius 3 is 2.38 bits per heavy atom. The van der Waals surface area contributed by atoms with Crippen LogP contribution in [0, 0.1) is 10.1 Å². The van der Waals surface area contributed by atoms with Gasteiger partial charge in [0, 0.05) is 49.2 Å². The number of anilines is 2. The number of hydrogen-bond acceptors (Lipinski definition) is 8. The number of morpholine rings is 1. The minimum atomic E-state index is -0.777. The average molecular weight is 470 g/mol. The van der Waals surface area contributed by atoms with E-state index in [1.54, 1.807) is 19.1 Å². The predicted octanol–water partition coefficient (Wildman–Crippen LogP) is 2.32. The first-order valence-electron chi connectivity index (χ1n) is 10.7. The molecule has 1 aliphatic rings. The van der Waals surface area contributed by atoms with E-state index in [0.29, 0.717) is 18.9 Å². The van der Waals surface area contributed by atoms with Crippen molar-refractivity contribution < 1.29 is 28.8 Å². The molecule has 0 saturated carbocycles. The number of rotatable bonds is 8. The number of carbonyl (C=O) groups excluding carboxylic acids is 3. The van der Waals surface area contributed by atoms with Gasteiger partial charge in [-0.3, -0.25) is 19.7 Å². The topological polar surface area (TPSA) is 131 Å². The monoisotopic (exact) mass is 470 g/mol. The first-order valence-corrected chi connectivity index (χ1v) is 10.7. The number of carbonyl (C=O) groups is 3. The quantitative estimate of drug-likeness (QED) is 0.353. The van der Waals surface area contributed by atoms with Gasteiger partial charge in [0.2, 0.25) is 5.91 Å². The van der Waals surface area contributed by atoms with Crippen LogP contribution in [-0.2, 0) is 14.3 Å². The van der Waals surface area contributed by atoms with Crippen LogP contribution in [-0.4, -0.2) is 74.1 Å². The summed E-state index contributed by atoms with van der Waals surface area (Å²) in [5.74, 6) is -1.86. The lowest BCUT2D eigenvalue weighted by atomic mass is 10.1. The summed E-state index contributed by atoms with van der Waals surface area (Å²) in [6, 6.07) is 10.7. The van der Waals surface area contributed by atoms with Crippen molar-refractivity contribution in [3.8, 4) is 0 Å². The van der Waals surface area contributed by atoms with Gasteiger partial charge in [-0.25, -0.2) is 4.79 Å². The largest absolute Gasteiger partial charge is 0.462 e. The van der Waals surface area contributed by atoms with Crippen LogP contribution in [0.5, 0.6) is 0 Å². The zero-order valence-corrected chi connectivity index (χ0v) is 19.0. The molecule has 2 aromatic carbocycles. The third-order valence-corrected chi connectivity index (χ3v) is 5.14. The third-order valence-electron chi connectivity index (χ3n) is 5.14. The molecule has 1 N–H and O–H groups in total. The number of hydrogen-bond donors (Lipinski definition) is 1. The van der Waals surface area contributed by atoms with Crippen LogP contribution in [0.1, 0.15) is 27.6 Å². The Kier molecular flexibility index (Phi) is 8.14. The summed E-state index contributed by atoms with van der Waals surface area (Å²) in [6.07, 6.45) is 0. The lowest BCUT2D eigenvalue weighted by Gasteiger charge is -2.28. The lowest BCUT2D eigenvalue weighted by Crippen LogP contribution is -2.36. The smallest absolute Gasteiger partial charge is 0.338 e. The molecule has 0 aliphatic carbocycles. The number of amides is 2. The van der Waals surface area contributed by atoms with Gasteiger partial charge in [0.25, 0.3) is 11.6 Å². The maximum absolute atomic E-state index is 12.8. The highest BCUT2D eigenvalue weighted by atomic mass is 16.6. The highest BCUT2D eigenvalue weighted by Gasteiger charge is 2.22. The van der Waals surface area contributed by atoms with Gasteiger partial charge in [0.05, 0.1) is 36.9 Å². The Labute approximate surface area is 196 Å². The number of ether oxygens (including phenoxy) is 2. The van der Waals surface area contributed by atoms with E-state index in [4.69, 9.17) is 9.47 Å². The molecule has 2 amide bonds. The Balaban J connectivity index is 1.65. The molecule has 11 heteroatoms. The van der Waals surface area contributed by atoms with Crippen LogP contribution in [0.15, 0.2) is 42.5 Å². The summed E-state index contributed by atoms with van der Waals surface area (Å²) in [7, 11) is 1.40. The summed E-state index contributed by atoms with van der Waals surface area (Å²) in [5.41, 5.74) is 0.964. The molecule has 2 aromatic rings. The van der Waals surface area contributed by atoms with E-state index in [1.807, 2.05) is 12.1 Å². The molecular formula is C23H26N4O7. The maximum atomic E-state index is 12.8. The molecule has 0 atom stereocenters. The van der Waals surface area contributed by atoms with Crippen molar-refractivity contribution >= 4 is 34.8 Å². The highest BCUT2D eigenvalue weighted by molar-refractivity contribution is 6.01. The van der Waals surface area contributed by atoms with Gasteiger partial charge >= 0.3 is 5.97 Å². The van der Waals surface area contributed by atoms with E-state index >= 15 is 0 Å². The van der Waals surface area contributed by atoms with Crippen molar-refractivity contribution in [3.05, 3.63) is 63.7 Å². The molecule has 1 fully saturated rings. The number of nitrogens with one attached hydrogen (secondary N) is 1. The van der Waals surface area contributed by atoms with Gasteiger partial charge in [-0.15, -0.1) is 0 Å². The number of non-ortho nitro benzene ring substituents is 1. The molecule has 11 nitrogen and oxygen atoms in total. The van der Waals surface area contributed by atoms with E-state index in [0.717, 1.165) is 35.8 Å². The first kappa shape index (κ1) is 24.6. The molecule has 3 rings (SSSR count). The molecule has 1 aliphatic heterocycles. The minimum Gasteiger partial charge on any atom is -0.462 e. The Morgan fingerprint density at radius 1 is 1.12 bits per heavy atom. The van der Waals surface area contributed by atoms with E-state index < -0.39 is 28.4 Å². The van der Waals surface area contributed by atoms with Gasteiger partial charge < -0.3 is 24.6 Å². The van der Waals surface area contributed by atoms with Crippen LogP contribution in [0.3, 0.4) is 0 Å². The van der Waals surface area contributed by atoms with E-state index in [2.05, 4.69) is 10.2 Å². The van der Waals surface area contributed by atoms with Crippen molar-refractivity contribution in [2.24, 2.45) is 0 Å². The van der Waals surface area contributed by atoms with E-state index in [1.165, 1.54) is 13.1 Å². The number of nitro benzene ring substituents is 1. The second-order valence-corrected chi connectivity index (χ2v) is 7.60. The van der Waals surface area contributed by atoms with Crippen molar-refractivity contribution in [1.82, 2.24) is 4.90 Å². The number of nitro groups is 1. The number of benzene rings is 2. The lowest BCUT2D eigenvalue weighted by molar-refractivity contribution is -0.384. The molecule has 0 aromatic heterocycles. The fraction of sp³-hybridized carbons (Fsp3) is 0.348. The van der Waals surface area contributed by atoms with Crippen LogP contribution in [0.4, 0.5) is 17.1 Å². The second kappa shape index (κ2) is 11.2. The molecule has 0 radical (unpaired) electrons. The molecule has 1 saturated heterocycles. The second-order valence-electron chi connectivity index (χ2n) is 7.60. The van der Waals surface area contributed by atoms with E-state index in [9.17, 15) is 24.5 Å². The van der Waals surface area contributed by atoms with Gasteiger partial charge in [0.15, 0.2) is 0 Å². The van der Waals surface area contributed by atoms with Crippen LogP contribution in [0.25, 0.3) is 0 Å². The van der Waals surface area contributed by atoms with Gasteiger partial charge in [0.1, 0.15) is 0 Å². The first-order chi connectivity index (χ1) is 16.3. The Hall–Kier alpha value is -3.99. The zero-order chi connectivity index (χ0) is 24.7. The van der Waals surface area contributed by atoms with Gasteiger partial charge in [-0.2, -0.15) is 0 Å². The van der Waals surface area contributed by atoms with Crippen molar-refractivity contribution in [1.29, 1.82) is 0 Å². The fourth-order valence-electron chi connectivity index (χ4n) is 3.46. The molecule has 180 valence electrons. The summed E-state index contributed by atoms with van der Waals surface area (Å²) in [6.45, 7) is 4.33. The molecule has 0 unspecified atom stereocenters. The summed E-state index contributed by atoms with van der Waals surface area (Å²) < 4.78 is 10.2. The summed E-state index contributed by atoms with van der Waals surface area (Å²) >= 11 is 0.